The first-order valence-corrected chi connectivity index (χ1v) is 16.7. The highest BCUT2D eigenvalue weighted by atomic mass is 16.3. The molecule has 0 bridgehead atoms. The van der Waals surface area contributed by atoms with Crippen LogP contribution in [0.1, 0.15) is 0 Å². The van der Waals surface area contributed by atoms with Crippen LogP contribution in [0.2, 0.25) is 0 Å². The van der Waals surface area contributed by atoms with Crippen molar-refractivity contribution in [3.63, 3.8) is 0 Å². The molecular weight excluding hydrogens is 613 g/mol. The van der Waals surface area contributed by atoms with Crippen LogP contribution in [0, 0.1) is 0 Å². The number of fused-ring (bicyclic) bond motifs is 7. The number of nitrogens with zero attached hydrogens (tertiary/aromatic N) is 4. The SMILES string of the molecule is c1ccc(-c2ccc3c4ccc5oc6ccccc6c5c4n(-c4cccc(-c5nc(-c6ccccc6)nc(-c6ccccc6)n5)c4)c3c2)cc1. The first-order chi connectivity index (χ1) is 24.8. The van der Waals surface area contributed by atoms with Gasteiger partial charge in [0.15, 0.2) is 17.5 Å². The van der Waals surface area contributed by atoms with Crippen molar-refractivity contribution in [3.05, 3.63) is 170 Å². The molecule has 0 aliphatic rings. The van der Waals surface area contributed by atoms with Gasteiger partial charge in [0.05, 0.1) is 16.4 Å². The lowest BCUT2D eigenvalue weighted by atomic mass is 10.0. The average molecular weight is 641 g/mol. The minimum Gasteiger partial charge on any atom is -0.456 e. The molecule has 10 rings (SSSR count). The predicted molar refractivity (Wildman–Crippen MR) is 203 cm³/mol. The quantitative estimate of drug-likeness (QED) is 0.188. The van der Waals surface area contributed by atoms with Gasteiger partial charge in [-0.15, -0.1) is 0 Å². The Morgan fingerprint density at radius 3 is 1.66 bits per heavy atom. The summed E-state index contributed by atoms with van der Waals surface area (Å²) >= 11 is 0. The molecule has 0 aliphatic carbocycles. The molecule has 50 heavy (non-hydrogen) atoms. The molecule has 3 heterocycles. The molecule has 0 aliphatic heterocycles. The summed E-state index contributed by atoms with van der Waals surface area (Å²) in [5.74, 6) is 1.89. The molecule has 0 spiro atoms. The van der Waals surface area contributed by atoms with Gasteiger partial charge in [-0.05, 0) is 47.5 Å². The van der Waals surface area contributed by atoms with Gasteiger partial charge < -0.3 is 8.98 Å². The van der Waals surface area contributed by atoms with Crippen LogP contribution in [0.15, 0.2) is 174 Å². The normalized spacial score (nSPS) is 11.6. The smallest absolute Gasteiger partial charge is 0.164 e. The maximum Gasteiger partial charge on any atom is 0.164 e. The fourth-order valence-corrected chi connectivity index (χ4v) is 7.11. The number of aromatic nitrogens is 4. The van der Waals surface area contributed by atoms with E-state index in [0.29, 0.717) is 17.5 Å². The number of furan rings is 1. The molecule has 0 N–H and O–H groups in total. The highest BCUT2D eigenvalue weighted by Crippen LogP contribution is 2.42. The lowest BCUT2D eigenvalue weighted by Gasteiger charge is -2.12. The Bertz CT molecular complexity index is 2800. The molecule has 0 saturated heterocycles. The summed E-state index contributed by atoms with van der Waals surface area (Å²) < 4.78 is 8.78. The Hall–Kier alpha value is -6.85. The van der Waals surface area contributed by atoms with E-state index in [1.807, 2.05) is 72.8 Å². The molecule has 5 heteroatoms. The zero-order valence-corrected chi connectivity index (χ0v) is 26.9. The Morgan fingerprint density at radius 2 is 0.960 bits per heavy atom. The van der Waals surface area contributed by atoms with Crippen molar-refractivity contribution in [2.24, 2.45) is 0 Å². The van der Waals surface area contributed by atoms with Crippen LogP contribution in [0.5, 0.6) is 0 Å². The first-order valence-electron chi connectivity index (χ1n) is 16.7. The van der Waals surface area contributed by atoms with Gasteiger partial charge >= 0.3 is 0 Å². The Kier molecular flexibility index (Phi) is 6.42. The third kappa shape index (κ3) is 4.60. The van der Waals surface area contributed by atoms with Crippen LogP contribution in [0.25, 0.3) is 94.7 Å². The number of hydrogen-bond donors (Lipinski definition) is 0. The van der Waals surface area contributed by atoms with E-state index in [9.17, 15) is 0 Å². The van der Waals surface area contributed by atoms with Crippen molar-refractivity contribution in [1.29, 1.82) is 0 Å². The second-order valence-corrected chi connectivity index (χ2v) is 12.5. The van der Waals surface area contributed by atoms with E-state index in [4.69, 9.17) is 19.4 Å². The molecular formula is C45H28N4O. The highest BCUT2D eigenvalue weighted by Gasteiger charge is 2.20. The molecule has 3 aromatic heterocycles. The fraction of sp³-hybridized carbons (Fsp3) is 0. The number of hydrogen-bond acceptors (Lipinski definition) is 4. The molecule has 0 saturated carbocycles. The standard InChI is InChI=1S/C45H28N4O/c1-4-13-29(14-5-1)32-23-24-35-36-25-26-40-41(37-21-10-11-22-39(37)50-40)42(36)49(38(35)28-32)34-20-12-19-33(27-34)45-47-43(30-15-6-2-7-16-30)46-44(48-45)31-17-8-3-9-18-31/h1-28H. The van der Waals surface area contributed by atoms with Crippen LogP contribution < -0.4 is 0 Å². The zero-order chi connectivity index (χ0) is 33.0. The van der Waals surface area contributed by atoms with Crippen LogP contribution in [0.4, 0.5) is 0 Å². The summed E-state index contributed by atoms with van der Waals surface area (Å²) in [7, 11) is 0. The number of rotatable bonds is 5. The van der Waals surface area contributed by atoms with Crippen molar-refractivity contribution in [3.8, 4) is 51.0 Å². The minimum absolute atomic E-state index is 0.615. The van der Waals surface area contributed by atoms with Gasteiger partial charge in [0, 0.05) is 38.5 Å². The van der Waals surface area contributed by atoms with Crippen LogP contribution in [-0.4, -0.2) is 19.5 Å². The Labute approximate surface area is 287 Å². The van der Waals surface area contributed by atoms with Crippen LogP contribution in [0.3, 0.4) is 0 Å². The van der Waals surface area contributed by atoms with E-state index in [0.717, 1.165) is 60.9 Å². The van der Waals surface area contributed by atoms with Gasteiger partial charge in [-0.2, -0.15) is 0 Å². The van der Waals surface area contributed by atoms with Crippen molar-refractivity contribution < 1.29 is 4.42 Å². The molecule has 0 unspecified atom stereocenters. The molecule has 10 aromatic rings. The maximum absolute atomic E-state index is 6.40. The van der Waals surface area contributed by atoms with E-state index < -0.39 is 0 Å². The third-order valence-corrected chi connectivity index (χ3v) is 9.44. The van der Waals surface area contributed by atoms with Gasteiger partial charge in [0.2, 0.25) is 0 Å². The third-order valence-electron chi connectivity index (χ3n) is 9.44. The lowest BCUT2D eigenvalue weighted by Crippen LogP contribution is -2.01. The lowest BCUT2D eigenvalue weighted by molar-refractivity contribution is 0.669. The van der Waals surface area contributed by atoms with Gasteiger partial charge in [0.1, 0.15) is 11.2 Å². The van der Waals surface area contributed by atoms with Gasteiger partial charge in [-0.1, -0.05) is 133 Å². The zero-order valence-electron chi connectivity index (χ0n) is 26.9. The van der Waals surface area contributed by atoms with Gasteiger partial charge in [-0.25, -0.2) is 15.0 Å². The fourth-order valence-electron chi connectivity index (χ4n) is 7.11. The summed E-state index contributed by atoms with van der Waals surface area (Å²) in [6, 6.07) is 58.6. The van der Waals surface area contributed by atoms with Gasteiger partial charge in [0.25, 0.3) is 0 Å². The molecule has 7 aromatic carbocycles. The maximum atomic E-state index is 6.40. The largest absolute Gasteiger partial charge is 0.456 e. The minimum atomic E-state index is 0.615. The number of para-hydroxylation sites is 1. The van der Waals surface area contributed by atoms with Crippen molar-refractivity contribution in [2.75, 3.05) is 0 Å². The molecule has 5 nitrogen and oxygen atoms in total. The second kappa shape index (κ2) is 11.4. The summed E-state index contributed by atoms with van der Waals surface area (Å²) in [5.41, 5.74) is 10.1. The van der Waals surface area contributed by atoms with E-state index in [1.54, 1.807) is 0 Å². The Morgan fingerprint density at radius 1 is 0.380 bits per heavy atom. The molecule has 0 atom stereocenters. The highest BCUT2D eigenvalue weighted by molar-refractivity contribution is 6.24. The molecule has 0 amide bonds. The summed E-state index contributed by atoms with van der Waals surface area (Å²) in [6.07, 6.45) is 0. The second-order valence-electron chi connectivity index (χ2n) is 12.5. The topological polar surface area (TPSA) is 56.7 Å². The molecule has 234 valence electrons. The molecule has 0 fully saturated rings. The van der Waals surface area contributed by atoms with Crippen molar-refractivity contribution in [2.45, 2.75) is 0 Å². The first kappa shape index (κ1) is 28.2. The van der Waals surface area contributed by atoms with Crippen molar-refractivity contribution in [1.82, 2.24) is 19.5 Å². The predicted octanol–water partition coefficient (Wildman–Crippen LogP) is 11.5. The van der Waals surface area contributed by atoms with E-state index in [2.05, 4.69) is 102 Å². The Balaban J connectivity index is 1.25. The van der Waals surface area contributed by atoms with Gasteiger partial charge in [-0.3, -0.25) is 0 Å². The average Bonchev–Trinajstić information content (AvgIpc) is 3.74. The monoisotopic (exact) mass is 640 g/mol. The van der Waals surface area contributed by atoms with Crippen molar-refractivity contribution >= 4 is 43.7 Å². The van der Waals surface area contributed by atoms with E-state index in [1.165, 1.54) is 16.3 Å². The van der Waals surface area contributed by atoms with E-state index >= 15 is 0 Å². The summed E-state index contributed by atoms with van der Waals surface area (Å²) in [6.45, 7) is 0. The summed E-state index contributed by atoms with van der Waals surface area (Å²) in [4.78, 5) is 15.0. The summed E-state index contributed by atoms with van der Waals surface area (Å²) in [5, 5.41) is 4.53. The number of benzene rings is 7. The van der Waals surface area contributed by atoms with E-state index in [-0.39, 0.29) is 0 Å². The molecule has 0 radical (unpaired) electrons. The van der Waals surface area contributed by atoms with Crippen LogP contribution in [-0.2, 0) is 0 Å². The van der Waals surface area contributed by atoms with Crippen LogP contribution >= 0.6 is 0 Å².